The largest absolute Gasteiger partial charge is 0.497 e. The van der Waals surface area contributed by atoms with E-state index < -0.39 is 0 Å². The number of likely N-dealkylation sites (N-methyl/N-ethyl adjacent to an activating group) is 2. The summed E-state index contributed by atoms with van der Waals surface area (Å²) in [6.07, 6.45) is 2.41. The van der Waals surface area contributed by atoms with E-state index in [0.29, 0.717) is 6.04 Å². The monoisotopic (exact) mass is 234 g/mol. The first-order chi connectivity index (χ1) is 8.26. The van der Waals surface area contributed by atoms with Crippen molar-refractivity contribution >= 4 is 0 Å². The van der Waals surface area contributed by atoms with Gasteiger partial charge in [0.1, 0.15) is 5.75 Å². The molecule has 0 heterocycles. The summed E-state index contributed by atoms with van der Waals surface area (Å²) < 4.78 is 5.32. The summed E-state index contributed by atoms with van der Waals surface area (Å²) in [6, 6.07) is 7.02. The average molecular weight is 234 g/mol. The molecule has 1 atom stereocenters. The quantitative estimate of drug-likeness (QED) is 0.841. The Balaban J connectivity index is 2.14. The van der Waals surface area contributed by atoms with E-state index in [2.05, 4.69) is 35.5 Å². The molecule has 0 aromatic heterocycles. The lowest BCUT2D eigenvalue weighted by Gasteiger charge is -2.25. The molecule has 94 valence electrons. The van der Waals surface area contributed by atoms with Crippen LogP contribution in [0.1, 0.15) is 23.6 Å². The molecule has 1 aromatic rings. The molecule has 0 fully saturated rings. The molecule has 1 aliphatic rings. The summed E-state index contributed by atoms with van der Waals surface area (Å²) in [7, 11) is 5.94. The predicted molar refractivity (Wildman–Crippen MR) is 70.6 cm³/mol. The number of aryl methyl sites for hydroxylation is 1. The molecular weight excluding hydrogens is 212 g/mol. The zero-order chi connectivity index (χ0) is 12.3. The number of benzene rings is 1. The Bertz CT molecular complexity index is 378. The van der Waals surface area contributed by atoms with E-state index >= 15 is 0 Å². The minimum atomic E-state index is 0.549. The van der Waals surface area contributed by atoms with Crippen molar-refractivity contribution < 1.29 is 4.74 Å². The van der Waals surface area contributed by atoms with Crippen LogP contribution >= 0.6 is 0 Å². The summed E-state index contributed by atoms with van der Waals surface area (Å²) in [4.78, 5) is 2.43. The summed E-state index contributed by atoms with van der Waals surface area (Å²) in [5.74, 6) is 0.970. The second-order valence-corrected chi connectivity index (χ2v) is 4.70. The third-order valence-corrected chi connectivity index (χ3v) is 3.65. The van der Waals surface area contributed by atoms with Gasteiger partial charge >= 0.3 is 0 Å². The van der Waals surface area contributed by atoms with Gasteiger partial charge in [0.25, 0.3) is 0 Å². The maximum absolute atomic E-state index is 5.32. The number of nitrogens with one attached hydrogen (secondary N) is 1. The molecular formula is C14H22N2O. The molecule has 17 heavy (non-hydrogen) atoms. The van der Waals surface area contributed by atoms with Gasteiger partial charge in [0, 0.05) is 19.1 Å². The van der Waals surface area contributed by atoms with Crippen LogP contribution in [0, 0.1) is 0 Å². The van der Waals surface area contributed by atoms with Crippen LogP contribution in [-0.4, -0.2) is 39.2 Å². The molecule has 1 unspecified atom stereocenters. The number of methoxy groups -OCH3 is 1. The van der Waals surface area contributed by atoms with E-state index in [1.54, 1.807) is 7.11 Å². The predicted octanol–water partition coefficient (Wildman–Crippen LogP) is 1.83. The topological polar surface area (TPSA) is 24.5 Å². The summed E-state index contributed by atoms with van der Waals surface area (Å²) in [6.45, 7) is 2.12. The molecule has 0 amide bonds. The molecule has 0 radical (unpaired) electrons. The van der Waals surface area contributed by atoms with Crippen LogP contribution in [0.5, 0.6) is 5.75 Å². The van der Waals surface area contributed by atoms with Gasteiger partial charge in [-0.15, -0.1) is 0 Å². The minimum Gasteiger partial charge on any atom is -0.497 e. The van der Waals surface area contributed by atoms with Crippen LogP contribution in [-0.2, 0) is 6.42 Å². The van der Waals surface area contributed by atoms with Gasteiger partial charge in [-0.1, -0.05) is 6.07 Å². The van der Waals surface area contributed by atoms with Gasteiger partial charge in [0.05, 0.1) is 7.11 Å². The number of ether oxygens (including phenoxy) is 1. The second kappa shape index (κ2) is 5.52. The smallest absolute Gasteiger partial charge is 0.119 e. The van der Waals surface area contributed by atoms with Crippen molar-refractivity contribution in [1.82, 2.24) is 10.2 Å². The van der Waals surface area contributed by atoms with Gasteiger partial charge in [-0.3, -0.25) is 4.90 Å². The van der Waals surface area contributed by atoms with Crippen molar-refractivity contribution in [3.05, 3.63) is 29.3 Å². The zero-order valence-corrected chi connectivity index (χ0v) is 11.0. The van der Waals surface area contributed by atoms with Gasteiger partial charge in [-0.05, 0) is 50.2 Å². The van der Waals surface area contributed by atoms with Gasteiger partial charge in [0.2, 0.25) is 0 Å². The van der Waals surface area contributed by atoms with E-state index in [4.69, 9.17) is 4.74 Å². The molecule has 3 nitrogen and oxygen atoms in total. The normalized spacial score (nSPS) is 18.5. The molecule has 1 N–H and O–H groups in total. The van der Waals surface area contributed by atoms with Crippen molar-refractivity contribution in [2.24, 2.45) is 0 Å². The van der Waals surface area contributed by atoms with E-state index in [-0.39, 0.29) is 0 Å². The summed E-state index contributed by atoms with van der Waals surface area (Å²) in [5.41, 5.74) is 2.93. The molecule has 0 saturated heterocycles. The van der Waals surface area contributed by atoms with Gasteiger partial charge in [-0.25, -0.2) is 0 Å². The maximum atomic E-state index is 5.32. The highest BCUT2D eigenvalue weighted by Gasteiger charge is 2.25. The zero-order valence-electron chi connectivity index (χ0n) is 11.0. The highest BCUT2D eigenvalue weighted by molar-refractivity contribution is 5.40. The standard InChI is InChI=1S/C14H22N2O/c1-15-8-9-16(2)14-7-5-11-4-6-12(17-3)10-13(11)14/h4,6,10,14-15H,5,7-9H2,1-3H3. The first-order valence-electron chi connectivity index (χ1n) is 6.28. The molecule has 1 aliphatic carbocycles. The van der Waals surface area contributed by atoms with E-state index in [1.165, 1.54) is 24.0 Å². The van der Waals surface area contributed by atoms with Crippen LogP contribution in [0.2, 0.25) is 0 Å². The summed E-state index contributed by atoms with van der Waals surface area (Å²) >= 11 is 0. The molecule has 0 spiro atoms. The first-order valence-corrected chi connectivity index (χ1v) is 6.28. The Morgan fingerprint density at radius 1 is 1.47 bits per heavy atom. The SMILES string of the molecule is CNCCN(C)C1CCc2ccc(OC)cc21. The third kappa shape index (κ3) is 2.61. The molecule has 1 aromatic carbocycles. The van der Waals surface area contributed by atoms with Gasteiger partial charge < -0.3 is 10.1 Å². The maximum Gasteiger partial charge on any atom is 0.119 e. The Kier molecular flexibility index (Phi) is 4.02. The first kappa shape index (κ1) is 12.4. The fourth-order valence-corrected chi connectivity index (χ4v) is 2.59. The van der Waals surface area contributed by atoms with Crippen molar-refractivity contribution in [1.29, 1.82) is 0 Å². The number of fused-ring (bicyclic) bond motifs is 1. The van der Waals surface area contributed by atoms with Crippen LogP contribution in [0.4, 0.5) is 0 Å². The Labute approximate surface area is 104 Å². The van der Waals surface area contributed by atoms with Crippen molar-refractivity contribution in [2.45, 2.75) is 18.9 Å². The molecule has 0 bridgehead atoms. The summed E-state index contributed by atoms with van der Waals surface area (Å²) in [5, 5.41) is 3.20. The van der Waals surface area contributed by atoms with Crippen LogP contribution < -0.4 is 10.1 Å². The molecule has 3 heteroatoms. The van der Waals surface area contributed by atoms with E-state index in [9.17, 15) is 0 Å². The van der Waals surface area contributed by atoms with Crippen molar-refractivity contribution in [2.75, 3.05) is 34.3 Å². The fraction of sp³-hybridized carbons (Fsp3) is 0.571. The number of hydrogen-bond acceptors (Lipinski definition) is 3. The van der Waals surface area contributed by atoms with Gasteiger partial charge in [0.15, 0.2) is 0 Å². The van der Waals surface area contributed by atoms with Crippen molar-refractivity contribution in [3.8, 4) is 5.75 Å². The highest BCUT2D eigenvalue weighted by atomic mass is 16.5. The lowest BCUT2D eigenvalue weighted by Crippen LogP contribution is -2.30. The number of rotatable bonds is 5. The Morgan fingerprint density at radius 3 is 3.00 bits per heavy atom. The van der Waals surface area contributed by atoms with Crippen LogP contribution in [0.15, 0.2) is 18.2 Å². The molecule has 0 aliphatic heterocycles. The molecule has 0 saturated carbocycles. The molecule has 2 rings (SSSR count). The van der Waals surface area contributed by atoms with Crippen LogP contribution in [0.25, 0.3) is 0 Å². The lowest BCUT2D eigenvalue weighted by molar-refractivity contribution is 0.246. The number of hydrogen-bond donors (Lipinski definition) is 1. The number of nitrogens with zero attached hydrogens (tertiary/aromatic N) is 1. The highest BCUT2D eigenvalue weighted by Crippen LogP contribution is 2.36. The Hall–Kier alpha value is -1.06. The third-order valence-electron chi connectivity index (χ3n) is 3.65. The van der Waals surface area contributed by atoms with E-state index in [1.807, 2.05) is 7.05 Å². The minimum absolute atomic E-state index is 0.549. The van der Waals surface area contributed by atoms with Crippen molar-refractivity contribution in [3.63, 3.8) is 0 Å². The van der Waals surface area contributed by atoms with Gasteiger partial charge in [-0.2, -0.15) is 0 Å². The average Bonchev–Trinajstić information content (AvgIpc) is 2.78. The van der Waals surface area contributed by atoms with E-state index in [0.717, 1.165) is 18.8 Å². The second-order valence-electron chi connectivity index (χ2n) is 4.70. The Morgan fingerprint density at radius 2 is 2.29 bits per heavy atom. The lowest BCUT2D eigenvalue weighted by atomic mass is 10.1. The fourth-order valence-electron chi connectivity index (χ4n) is 2.59. The van der Waals surface area contributed by atoms with Crippen LogP contribution in [0.3, 0.4) is 0 Å².